The fourth-order valence-electron chi connectivity index (χ4n) is 5.51. The van der Waals surface area contributed by atoms with Crippen LogP contribution in [-0.4, -0.2) is 20.9 Å². The standard InChI is InChI=1S/C33H36Br2N4O/c1-2-3-4-5-6-7-8-9-13-16-31(40)38-23-24-21-25(34)17-19-28(24)33-32(29-20-18-26(35)22-30(29)38)36-37-39(33)27-14-11-10-12-15-27/h10-12,14-15,17-22H,2-9,13,16,23H2,1H3. The van der Waals surface area contributed by atoms with Crippen LogP contribution in [0.4, 0.5) is 5.69 Å². The van der Waals surface area contributed by atoms with Gasteiger partial charge in [0, 0.05) is 26.5 Å². The van der Waals surface area contributed by atoms with Crippen LogP contribution >= 0.6 is 31.9 Å². The number of hydrogen-bond donors (Lipinski definition) is 0. The van der Waals surface area contributed by atoms with Crippen molar-refractivity contribution in [3.63, 3.8) is 0 Å². The summed E-state index contributed by atoms with van der Waals surface area (Å²) in [5, 5.41) is 9.30. The van der Waals surface area contributed by atoms with Gasteiger partial charge in [0.05, 0.1) is 17.9 Å². The first-order valence-electron chi connectivity index (χ1n) is 14.5. The number of nitrogens with zero attached hydrogens (tertiary/aromatic N) is 4. The molecule has 1 aromatic heterocycles. The zero-order valence-corrected chi connectivity index (χ0v) is 26.3. The van der Waals surface area contributed by atoms with Crippen LogP contribution < -0.4 is 4.90 Å². The highest BCUT2D eigenvalue weighted by atomic mass is 79.9. The van der Waals surface area contributed by atoms with Crippen molar-refractivity contribution in [1.29, 1.82) is 0 Å². The summed E-state index contributed by atoms with van der Waals surface area (Å²) >= 11 is 7.32. The molecule has 40 heavy (non-hydrogen) atoms. The number of carbonyl (C=O) groups excluding carboxylic acids is 1. The molecule has 4 aromatic rings. The number of halogens is 2. The van der Waals surface area contributed by atoms with E-state index < -0.39 is 0 Å². The summed E-state index contributed by atoms with van der Waals surface area (Å²) < 4.78 is 3.82. The normalized spacial score (nSPS) is 12.3. The molecule has 0 unspecified atom stereocenters. The lowest BCUT2D eigenvalue weighted by Crippen LogP contribution is -2.31. The molecule has 0 spiro atoms. The fourth-order valence-corrected chi connectivity index (χ4v) is 6.26. The highest BCUT2D eigenvalue weighted by molar-refractivity contribution is 9.10. The van der Waals surface area contributed by atoms with Crippen LogP contribution in [0.15, 0.2) is 75.7 Å². The van der Waals surface area contributed by atoms with Gasteiger partial charge in [-0.1, -0.05) is 120 Å². The Morgan fingerprint density at radius 1 is 0.800 bits per heavy atom. The monoisotopic (exact) mass is 662 g/mol. The van der Waals surface area contributed by atoms with Gasteiger partial charge in [-0.15, -0.1) is 5.10 Å². The van der Waals surface area contributed by atoms with Gasteiger partial charge < -0.3 is 4.90 Å². The van der Waals surface area contributed by atoms with Crippen molar-refractivity contribution in [3.8, 4) is 28.2 Å². The lowest BCUT2D eigenvalue weighted by molar-refractivity contribution is -0.118. The van der Waals surface area contributed by atoms with Gasteiger partial charge in [0.25, 0.3) is 0 Å². The van der Waals surface area contributed by atoms with Gasteiger partial charge in [0.2, 0.25) is 5.91 Å². The number of aromatic nitrogens is 3. The van der Waals surface area contributed by atoms with Crippen LogP contribution in [0.25, 0.3) is 28.2 Å². The molecule has 5 rings (SSSR count). The summed E-state index contributed by atoms with van der Waals surface area (Å²) in [6.07, 6.45) is 11.6. The van der Waals surface area contributed by atoms with Gasteiger partial charge in [0.1, 0.15) is 11.4 Å². The highest BCUT2D eigenvalue weighted by Gasteiger charge is 2.29. The predicted octanol–water partition coefficient (Wildman–Crippen LogP) is 9.89. The minimum atomic E-state index is 0.145. The van der Waals surface area contributed by atoms with Gasteiger partial charge in [-0.3, -0.25) is 4.79 Å². The molecule has 3 aromatic carbocycles. The number of rotatable bonds is 11. The molecule has 0 fully saturated rings. The molecule has 0 saturated heterocycles. The summed E-state index contributed by atoms with van der Waals surface area (Å²) in [6, 6.07) is 22.4. The second-order valence-corrected chi connectivity index (χ2v) is 12.4. The second kappa shape index (κ2) is 13.7. The summed E-state index contributed by atoms with van der Waals surface area (Å²) in [7, 11) is 0. The van der Waals surface area contributed by atoms with Crippen LogP contribution in [0.5, 0.6) is 0 Å². The zero-order valence-electron chi connectivity index (χ0n) is 23.1. The minimum absolute atomic E-state index is 0.145. The lowest BCUT2D eigenvalue weighted by Gasteiger charge is -2.29. The number of anilines is 1. The summed E-state index contributed by atoms with van der Waals surface area (Å²) in [5.41, 5.74) is 6.51. The molecule has 5 nitrogen and oxygen atoms in total. The molecule has 0 radical (unpaired) electrons. The van der Waals surface area contributed by atoms with E-state index in [0.717, 1.165) is 61.2 Å². The molecule has 0 bridgehead atoms. The quantitative estimate of drug-likeness (QED) is 0.150. The van der Waals surface area contributed by atoms with Crippen LogP contribution in [0.1, 0.15) is 76.7 Å². The molecule has 0 saturated carbocycles. The Labute approximate surface area is 254 Å². The number of unbranched alkanes of at least 4 members (excludes halogenated alkanes) is 8. The van der Waals surface area contributed by atoms with Gasteiger partial charge >= 0.3 is 0 Å². The molecule has 0 aliphatic carbocycles. The third-order valence-electron chi connectivity index (χ3n) is 7.62. The molecule has 2 heterocycles. The summed E-state index contributed by atoms with van der Waals surface area (Å²) in [6.45, 7) is 2.73. The Kier molecular flexibility index (Phi) is 9.87. The Hall–Kier alpha value is -2.77. The average Bonchev–Trinajstić information content (AvgIpc) is 3.39. The number of fused-ring (bicyclic) bond motifs is 5. The van der Waals surface area contributed by atoms with Crippen LogP contribution in [-0.2, 0) is 11.3 Å². The van der Waals surface area contributed by atoms with Crippen molar-refractivity contribution in [2.24, 2.45) is 0 Å². The molecule has 0 atom stereocenters. The van der Waals surface area contributed by atoms with Gasteiger partial charge in [-0.2, -0.15) is 0 Å². The second-order valence-electron chi connectivity index (χ2n) is 10.6. The number of carbonyl (C=O) groups is 1. The molecule has 0 N–H and O–H groups in total. The topological polar surface area (TPSA) is 51.0 Å². The summed E-state index contributed by atoms with van der Waals surface area (Å²) in [5.74, 6) is 0.145. The zero-order chi connectivity index (χ0) is 27.9. The minimum Gasteiger partial charge on any atom is -0.307 e. The van der Waals surface area contributed by atoms with Crippen LogP contribution in [0, 0.1) is 0 Å². The molecule has 7 heteroatoms. The highest BCUT2D eigenvalue weighted by Crippen LogP contribution is 2.43. The number of hydrogen-bond acceptors (Lipinski definition) is 3. The molecule has 1 aliphatic rings. The smallest absolute Gasteiger partial charge is 0.227 e. The van der Waals surface area contributed by atoms with E-state index >= 15 is 0 Å². The first kappa shape index (κ1) is 28.7. The van der Waals surface area contributed by atoms with E-state index in [-0.39, 0.29) is 5.91 Å². The maximum atomic E-state index is 13.8. The van der Waals surface area contributed by atoms with E-state index in [1.807, 2.05) is 64.2 Å². The molecular weight excluding hydrogens is 628 g/mol. The third-order valence-corrected chi connectivity index (χ3v) is 8.61. The first-order chi connectivity index (χ1) is 19.6. The predicted molar refractivity (Wildman–Crippen MR) is 171 cm³/mol. The van der Waals surface area contributed by atoms with Gasteiger partial charge in [-0.05, 0) is 54.4 Å². The maximum absolute atomic E-state index is 13.8. The number of benzene rings is 3. The fraction of sp³-hybridized carbons (Fsp3) is 0.364. The van der Waals surface area contributed by atoms with Crippen molar-refractivity contribution in [3.05, 3.63) is 81.2 Å². The van der Waals surface area contributed by atoms with Gasteiger partial charge in [-0.25, -0.2) is 4.68 Å². The SMILES string of the molecule is CCCCCCCCCCCC(=O)N1Cc2cc(Br)ccc2-c2c(nnn2-c2ccccc2)-c2ccc(Br)cc21. The van der Waals surface area contributed by atoms with Crippen molar-refractivity contribution >= 4 is 43.5 Å². The largest absolute Gasteiger partial charge is 0.307 e. The Bertz CT molecular complexity index is 1450. The Morgan fingerprint density at radius 3 is 2.17 bits per heavy atom. The van der Waals surface area contributed by atoms with E-state index in [0.29, 0.717) is 13.0 Å². The van der Waals surface area contributed by atoms with Gasteiger partial charge in [0.15, 0.2) is 0 Å². The van der Waals surface area contributed by atoms with E-state index in [1.54, 1.807) is 0 Å². The number of amides is 1. The maximum Gasteiger partial charge on any atom is 0.227 e. The van der Waals surface area contributed by atoms with E-state index in [4.69, 9.17) is 5.10 Å². The summed E-state index contributed by atoms with van der Waals surface area (Å²) in [4.78, 5) is 15.8. The van der Waals surface area contributed by atoms with E-state index in [2.05, 4.69) is 56.1 Å². The Balaban J connectivity index is 1.45. The van der Waals surface area contributed by atoms with Crippen molar-refractivity contribution in [2.45, 2.75) is 77.7 Å². The van der Waals surface area contributed by atoms with Crippen molar-refractivity contribution in [1.82, 2.24) is 15.0 Å². The van der Waals surface area contributed by atoms with Crippen LogP contribution in [0.2, 0.25) is 0 Å². The molecule has 1 amide bonds. The third kappa shape index (κ3) is 6.58. The molecule has 1 aliphatic heterocycles. The van der Waals surface area contributed by atoms with E-state index in [9.17, 15) is 4.79 Å². The van der Waals surface area contributed by atoms with E-state index in [1.165, 1.54) is 44.9 Å². The number of para-hydroxylation sites is 1. The lowest BCUT2D eigenvalue weighted by atomic mass is 9.95. The van der Waals surface area contributed by atoms with Crippen LogP contribution in [0.3, 0.4) is 0 Å². The molecular formula is C33H36Br2N4O. The first-order valence-corrected chi connectivity index (χ1v) is 16.1. The molecule has 208 valence electrons. The Morgan fingerprint density at radius 2 is 1.45 bits per heavy atom. The van der Waals surface area contributed by atoms with Crippen molar-refractivity contribution < 1.29 is 4.79 Å². The van der Waals surface area contributed by atoms with Crippen molar-refractivity contribution in [2.75, 3.05) is 4.90 Å². The average molecular weight is 664 g/mol.